The maximum Gasteiger partial charge on any atom is 0.305 e. The van der Waals surface area contributed by atoms with E-state index in [9.17, 15) is 9.59 Å². The van der Waals surface area contributed by atoms with E-state index in [1.807, 2.05) is 0 Å². The third-order valence-electron chi connectivity index (χ3n) is 3.11. The zero-order valence-electron chi connectivity index (χ0n) is 10.8. The first-order valence-electron chi connectivity index (χ1n) is 6.31. The van der Waals surface area contributed by atoms with E-state index in [-0.39, 0.29) is 18.4 Å². The van der Waals surface area contributed by atoms with E-state index in [1.165, 1.54) is 0 Å². The minimum atomic E-state index is -0.861. The van der Waals surface area contributed by atoms with Gasteiger partial charge >= 0.3 is 5.97 Å². The molecule has 2 atom stereocenters. The van der Waals surface area contributed by atoms with Gasteiger partial charge in [-0.2, -0.15) is 0 Å². The van der Waals surface area contributed by atoms with E-state index in [0.29, 0.717) is 19.6 Å². The van der Waals surface area contributed by atoms with Gasteiger partial charge in [0.25, 0.3) is 5.91 Å². The number of hydrogen-bond acceptors (Lipinski definition) is 3. The van der Waals surface area contributed by atoms with Gasteiger partial charge in [-0.3, -0.25) is 9.59 Å². The molecule has 102 valence electrons. The topological polar surface area (TPSA) is 66.8 Å². The summed E-state index contributed by atoms with van der Waals surface area (Å²) in [6, 6.07) is -0.180. The smallest absolute Gasteiger partial charge is 0.305 e. The zero-order chi connectivity index (χ0) is 13.5. The van der Waals surface area contributed by atoms with Crippen LogP contribution in [0.1, 0.15) is 32.6 Å². The van der Waals surface area contributed by atoms with Crippen molar-refractivity contribution in [3.8, 4) is 0 Å². The quantitative estimate of drug-likeness (QED) is 0.552. The second-order valence-electron chi connectivity index (χ2n) is 4.52. The highest BCUT2D eigenvalue weighted by molar-refractivity contribution is 5.81. The molecule has 1 saturated heterocycles. The number of aliphatic carboxylic acids is 1. The van der Waals surface area contributed by atoms with Crippen LogP contribution in [0.5, 0.6) is 0 Å². The van der Waals surface area contributed by atoms with Crippen LogP contribution in [-0.4, -0.2) is 47.2 Å². The lowest BCUT2D eigenvalue weighted by Crippen LogP contribution is -2.42. The second kappa shape index (κ2) is 7.16. The van der Waals surface area contributed by atoms with E-state index in [0.717, 1.165) is 12.8 Å². The number of ether oxygens (including phenoxy) is 1. The Morgan fingerprint density at radius 3 is 2.94 bits per heavy atom. The molecule has 1 N–H and O–H groups in total. The van der Waals surface area contributed by atoms with Gasteiger partial charge in [0, 0.05) is 12.6 Å². The molecule has 0 aromatic rings. The molecule has 5 nitrogen and oxygen atoms in total. The van der Waals surface area contributed by atoms with Crippen molar-refractivity contribution in [2.45, 2.75) is 44.8 Å². The Morgan fingerprint density at radius 1 is 1.61 bits per heavy atom. The molecule has 1 amide bonds. The van der Waals surface area contributed by atoms with Crippen molar-refractivity contribution in [2.75, 3.05) is 13.2 Å². The summed E-state index contributed by atoms with van der Waals surface area (Å²) in [7, 11) is 0. The van der Waals surface area contributed by atoms with Crippen LogP contribution in [0.3, 0.4) is 0 Å². The molecule has 1 heterocycles. The first-order chi connectivity index (χ1) is 8.56. The van der Waals surface area contributed by atoms with Crippen LogP contribution in [0.25, 0.3) is 0 Å². The summed E-state index contributed by atoms with van der Waals surface area (Å²) in [6.45, 7) is 6.39. The molecule has 5 heteroatoms. The maximum atomic E-state index is 12.1. The van der Waals surface area contributed by atoms with Crippen LogP contribution in [0, 0.1) is 0 Å². The fraction of sp³-hybridized carbons (Fsp3) is 0.692. The van der Waals surface area contributed by atoms with E-state index in [4.69, 9.17) is 9.84 Å². The molecule has 0 aromatic heterocycles. The monoisotopic (exact) mass is 255 g/mol. The third-order valence-corrected chi connectivity index (χ3v) is 3.11. The summed E-state index contributed by atoms with van der Waals surface area (Å²) in [5.74, 6) is -0.970. The molecule has 18 heavy (non-hydrogen) atoms. The summed E-state index contributed by atoms with van der Waals surface area (Å²) < 4.78 is 5.40. The van der Waals surface area contributed by atoms with Gasteiger partial charge in [0.15, 0.2) is 0 Å². The van der Waals surface area contributed by atoms with E-state index in [1.54, 1.807) is 17.9 Å². The molecule has 0 saturated carbocycles. The SMILES string of the molecule is C=CCCOC(C)C(=O)N1CCCC1CC(=O)O. The lowest BCUT2D eigenvalue weighted by molar-refractivity contribution is -0.145. The second-order valence-corrected chi connectivity index (χ2v) is 4.52. The maximum absolute atomic E-state index is 12.1. The highest BCUT2D eigenvalue weighted by Gasteiger charge is 2.32. The Morgan fingerprint density at radius 2 is 2.33 bits per heavy atom. The van der Waals surface area contributed by atoms with Crippen molar-refractivity contribution in [1.29, 1.82) is 0 Å². The number of carboxylic acids is 1. The molecule has 0 aromatic carbocycles. The molecule has 1 rings (SSSR count). The Balaban J connectivity index is 2.48. The number of amides is 1. The Labute approximate surface area is 107 Å². The van der Waals surface area contributed by atoms with Crippen molar-refractivity contribution < 1.29 is 19.4 Å². The van der Waals surface area contributed by atoms with Crippen molar-refractivity contribution in [1.82, 2.24) is 4.90 Å². The van der Waals surface area contributed by atoms with Gasteiger partial charge < -0.3 is 14.7 Å². The number of carbonyl (C=O) groups excluding carboxylic acids is 1. The normalized spacial score (nSPS) is 20.7. The van der Waals surface area contributed by atoms with E-state index >= 15 is 0 Å². The highest BCUT2D eigenvalue weighted by Crippen LogP contribution is 2.21. The van der Waals surface area contributed by atoms with Crippen LogP contribution in [0.4, 0.5) is 0 Å². The molecule has 0 radical (unpaired) electrons. The van der Waals surface area contributed by atoms with Crippen molar-refractivity contribution in [3.05, 3.63) is 12.7 Å². The summed E-state index contributed by atoms with van der Waals surface area (Å²) in [5.41, 5.74) is 0. The summed E-state index contributed by atoms with van der Waals surface area (Å²) in [5, 5.41) is 8.81. The number of rotatable bonds is 7. The van der Waals surface area contributed by atoms with Gasteiger partial charge in [0.05, 0.1) is 13.0 Å². The molecule has 0 aliphatic carbocycles. The first kappa shape index (κ1) is 14.7. The van der Waals surface area contributed by atoms with Gasteiger partial charge in [-0.1, -0.05) is 6.08 Å². The molecule has 2 unspecified atom stereocenters. The lowest BCUT2D eigenvalue weighted by atomic mass is 10.1. The van der Waals surface area contributed by atoms with Gasteiger partial charge in [0.2, 0.25) is 0 Å². The number of likely N-dealkylation sites (tertiary alicyclic amines) is 1. The van der Waals surface area contributed by atoms with Crippen LogP contribution in [-0.2, 0) is 14.3 Å². The third kappa shape index (κ3) is 4.14. The fourth-order valence-corrected chi connectivity index (χ4v) is 2.17. The molecule has 1 aliphatic heterocycles. The zero-order valence-corrected chi connectivity index (χ0v) is 10.8. The predicted molar refractivity (Wildman–Crippen MR) is 67.2 cm³/mol. The van der Waals surface area contributed by atoms with Crippen LogP contribution in [0.2, 0.25) is 0 Å². The molecule has 1 fully saturated rings. The van der Waals surface area contributed by atoms with Gasteiger partial charge in [-0.25, -0.2) is 0 Å². The Hall–Kier alpha value is -1.36. The van der Waals surface area contributed by atoms with Gasteiger partial charge in [0.1, 0.15) is 6.10 Å². The Bertz CT molecular complexity index is 316. The fourth-order valence-electron chi connectivity index (χ4n) is 2.17. The summed E-state index contributed by atoms with van der Waals surface area (Å²) in [4.78, 5) is 24.5. The van der Waals surface area contributed by atoms with Crippen LogP contribution in [0.15, 0.2) is 12.7 Å². The summed E-state index contributed by atoms with van der Waals surface area (Å²) >= 11 is 0. The van der Waals surface area contributed by atoms with E-state index < -0.39 is 12.1 Å². The average molecular weight is 255 g/mol. The largest absolute Gasteiger partial charge is 0.481 e. The number of nitrogens with zero attached hydrogens (tertiary/aromatic N) is 1. The highest BCUT2D eigenvalue weighted by atomic mass is 16.5. The molecule has 1 aliphatic rings. The minimum absolute atomic E-state index is 0.0190. The summed E-state index contributed by atoms with van der Waals surface area (Å²) in [6.07, 6.45) is 3.57. The molecule has 0 spiro atoms. The predicted octanol–water partition coefficient (Wildman–Crippen LogP) is 1.43. The standard InChI is InChI=1S/C13H21NO4/c1-3-4-8-18-10(2)13(17)14-7-5-6-11(14)9-12(15)16/h3,10-11H,1,4-9H2,2H3,(H,15,16). The minimum Gasteiger partial charge on any atom is -0.481 e. The van der Waals surface area contributed by atoms with Gasteiger partial charge in [-0.15, -0.1) is 6.58 Å². The van der Waals surface area contributed by atoms with Crippen LogP contribution < -0.4 is 0 Å². The first-order valence-corrected chi connectivity index (χ1v) is 6.31. The molecule has 0 bridgehead atoms. The van der Waals surface area contributed by atoms with Crippen molar-refractivity contribution in [3.63, 3.8) is 0 Å². The molecular formula is C13H21NO4. The van der Waals surface area contributed by atoms with Gasteiger partial charge in [-0.05, 0) is 26.2 Å². The van der Waals surface area contributed by atoms with Crippen LogP contribution >= 0.6 is 0 Å². The molecular weight excluding hydrogens is 234 g/mol. The van der Waals surface area contributed by atoms with E-state index in [2.05, 4.69) is 6.58 Å². The lowest BCUT2D eigenvalue weighted by Gasteiger charge is -2.26. The van der Waals surface area contributed by atoms with Crippen molar-refractivity contribution in [2.24, 2.45) is 0 Å². The number of hydrogen-bond donors (Lipinski definition) is 1. The number of carboxylic acid groups (broad SMARTS) is 1. The average Bonchev–Trinajstić information content (AvgIpc) is 2.75. The Kier molecular flexibility index (Phi) is 5.85. The number of carbonyl (C=O) groups is 2. The van der Waals surface area contributed by atoms with Crippen molar-refractivity contribution >= 4 is 11.9 Å².